The SMILES string of the molecule is OCC[C@H](NC1CC1)[C@H]1CCCNC1. The van der Waals surface area contributed by atoms with Crippen molar-refractivity contribution in [2.75, 3.05) is 19.7 Å². The molecule has 1 aliphatic heterocycles. The van der Waals surface area contributed by atoms with E-state index in [1.54, 1.807) is 0 Å². The third-order valence-corrected chi connectivity index (χ3v) is 3.37. The molecule has 0 spiro atoms. The second-order valence-electron chi connectivity index (χ2n) is 4.67. The van der Waals surface area contributed by atoms with Crippen LogP contribution in [0.15, 0.2) is 0 Å². The van der Waals surface area contributed by atoms with Crippen LogP contribution < -0.4 is 10.6 Å². The van der Waals surface area contributed by atoms with E-state index in [9.17, 15) is 0 Å². The van der Waals surface area contributed by atoms with Gasteiger partial charge in [-0.2, -0.15) is 0 Å². The van der Waals surface area contributed by atoms with Crippen molar-refractivity contribution in [2.45, 2.75) is 44.2 Å². The van der Waals surface area contributed by atoms with Crippen LogP contribution in [0.1, 0.15) is 32.1 Å². The smallest absolute Gasteiger partial charge is 0.0445 e. The van der Waals surface area contributed by atoms with Gasteiger partial charge in [0.2, 0.25) is 0 Å². The lowest BCUT2D eigenvalue weighted by Crippen LogP contribution is -2.45. The Balaban J connectivity index is 1.79. The summed E-state index contributed by atoms with van der Waals surface area (Å²) in [7, 11) is 0. The van der Waals surface area contributed by atoms with E-state index < -0.39 is 0 Å². The summed E-state index contributed by atoms with van der Waals surface area (Å²) >= 11 is 0. The average molecular weight is 198 g/mol. The van der Waals surface area contributed by atoms with E-state index >= 15 is 0 Å². The number of piperidine rings is 1. The molecule has 0 bridgehead atoms. The van der Waals surface area contributed by atoms with E-state index in [0.29, 0.717) is 12.6 Å². The molecule has 3 heteroatoms. The third kappa shape index (κ3) is 2.94. The fraction of sp³-hybridized carbons (Fsp3) is 1.00. The molecule has 0 aromatic heterocycles. The van der Waals surface area contributed by atoms with Gasteiger partial charge in [-0.3, -0.25) is 0 Å². The molecule has 2 fully saturated rings. The molecule has 0 unspecified atom stereocenters. The van der Waals surface area contributed by atoms with Gasteiger partial charge in [0, 0.05) is 18.7 Å². The summed E-state index contributed by atoms with van der Waals surface area (Å²) in [6, 6.07) is 1.30. The molecule has 0 radical (unpaired) electrons. The molecule has 2 rings (SSSR count). The van der Waals surface area contributed by atoms with Gasteiger partial charge in [-0.05, 0) is 51.1 Å². The first-order valence-corrected chi connectivity index (χ1v) is 5.98. The highest BCUT2D eigenvalue weighted by atomic mass is 16.3. The quantitative estimate of drug-likeness (QED) is 0.602. The van der Waals surface area contributed by atoms with Gasteiger partial charge in [0.15, 0.2) is 0 Å². The van der Waals surface area contributed by atoms with Crippen molar-refractivity contribution in [3.05, 3.63) is 0 Å². The molecule has 1 saturated heterocycles. The zero-order chi connectivity index (χ0) is 9.80. The fourth-order valence-electron chi connectivity index (χ4n) is 2.37. The minimum atomic E-state index is 0.320. The Morgan fingerprint density at radius 3 is 2.79 bits per heavy atom. The second-order valence-corrected chi connectivity index (χ2v) is 4.67. The molecule has 14 heavy (non-hydrogen) atoms. The minimum absolute atomic E-state index is 0.320. The molecule has 1 heterocycles. The van der Waals surface area contributed by atoms with Crippen LogP contribution in [0.25, 0.3) is 0 Å². The van der Waals surface area contributed by atoms with E-state index in [1.807, 2.05) is 0 Å². The Hall–Kier alpha value is -0.120. The molecule has 0 aromatic rings. The van der Waals surface area contributed by atoms with E-state index in [-0.39, 0.29) is 0 Å². The van der Waals surface area contributed by atoms with E-state index in [1.165, 1.54) is 32.2 Å². The Morgan fingerprint density at radius 1 is 1.36 bits per heavy atom. The lowest BCUT2D eigenvalue weighted by Gasteiger charge is -2.31. The molecule has 1 saturated carbocycles. The molecular weight excluding hydrogens is 176 g/mol. The summed E-state index contributed by atoms with van der Waals surface area (Å²) in [5.41, 5.74) is 0. The predicted molar refractivity (Wildman–Crippen MR) is 57.2 cm³/mol. The summed E-state index contributed by atoms with van der Waals surface area (Å²) in [4.78, 5) is 0. The van der Waals surface area contributed by atoms with Crippen LogP contribution >= 0.6 is 0 Å². The van der Waals surface area contributed by atoms with Crippen molar-refractivity contribution in [3.8, 4) is 0 Å². The van der Waals surface area contributed by atoms with Gasteiger partial charge in [0.25, 0.3) is 0 Å². The van der Waals surface area contributed by atoms with Gasteiger partial charge in [0.1, 0.15) is 0 Å². The van der Waals surface area contributed by atoms with Crippen LogP contribution in [0, 0.1) is 5.92 Å². The minimum Gasteiger partial charge on any atom is -0.396 e. The predicted octanol–water partition coefficient (Wildman–Crippen LogP) is 0.489. The van der Waals surface area contributed by atoms with Gasteiger partial charge < -0.3 is 15.7 Å². The van der Waals surface area contributed by atoms with E-state index in [2.05, 4.69) is 10.6 Å². The average Bonchev–Trinajstić information content (AvgIpc) is 3.03. The van der Waals surface area contributed by atoms with Crippen LogP contribution in [0.2, 0.25) is 0 Å². The number of hydrogen-bond acceptors (Lipinski definition) is 3. The highest BCUT2D eigenvalue weighted by Crippen LogP contribution is 2.24. The number of rotatable bonds is 5. The van der Waals surface area contributed by atoms with E-state index in [0.717, 1.165) is 24.9 Å². The van der Waals surface area contributed by atoms with E-state index in [4.69, 9.17) is 5.11 Å². The molecule has 2 atom stereocenters. The Labute approximate surface area is 86.3 Å². The van der Waals surface area contributed by atoms with Crippen molar-refractivity contribution in [3.63, 3.8) is 0 Å². The zero-order valence-corrected chi connectivity index (χ0v) is 8.84. The summed E-state index contributed by atoms with van der Waals surface area (Å²) in [5, 5.41) is 16.1. The third-order valence-electron chi connectivity index (χ3n) is 3.37. The van der Waals surface area contributed by atoms with Gasteiger partial charge >= 0.3 is 0 Å². The van der Waals surface area contributed by atoms with Gasteiger partial charge in [-0.15, -0.1) is 0 Å². The molecule has 2 aliphatic rings. The molecule has 82 valence electrons. The van der Waals surface area contributed by atoms with Crippen molar-refractivity contribution in [1.29, 1.82) is 0 Å². The first-order valence-electron chi connectivity index (χ1n) is 5.98. The van der Waals surface area contributed by atoms with Crippen molar-refractivity contribution < 1.29 is 5.11 Å². The van der Waals surface area contributed by atoms with Crippen molar-refractivity contribution in [2.24, 2.45) is 5.92 Å². The molecule has 0 amide bonds. The number of nitrogens with one attached hydrogen (secondary N) is 2. The summed E-state index contributed by atoms with van der Waals surface area (Å²) in [6.45, 7) is 2.62. The van der Waals surface area contributed by atoms with Gasteiger partial charge in [-0.1, -0.05) is 0 Å². The maximum atomic E-state index is 9.04. The number of aliphatic hydroxyl groups is 1. The summed E-state index contributed by atoms with van der Waals surface area (Å²) in [6.07, 6.45) is 6.20. The van der Waals surface area contributed by atoms with Crippen LogP contribution in [0.3, 0.4) is 0 Å². The topological polar surface area (TPSA) is 44.3 Å². The Bertz CT molecular complexity index is 165. The maximum absolute atomic E-state index is 9.04. The van der Waals surface area contributed by atoms with Crippen LogP contribution in [-0.4, -0.2) is 36.9 Å². The monoisotopic (exact) mass is 198 g/mol. The highest BCUT2D eigenvalue weighted by Gasteiger charge is 2.29. The Morgan fingerprint density at radius 2 is 2.21 bits per heavy atom. The molecule has 0 aromatic carbocycles. The number of hydrogen-bond donors (Lipinski definition) is 3. The van der Waals surface area contributed by atoms with Crippen LogP contribution in [0.5, 0.6) is 0 Å². The molecule has 1 aliphatic carbocycles. The molecule has 3 N–H and O–H groups in total. The summed E-state index contributed by atoms with van der Waals surface area (Å²) < 4.78 is 0. The fourth-order valence-corrected chi connectivity index (χ4v) is 2.37. The maximum Gasteiger partial charge on any atom is 0.0445 e. The van der Waals surface area contributed by atoms with Gasteiger partial charge in [0.05, 0.1) is 0 Å². The molecular formula is C11H22N2O. The van der Waals surface area contributed by atoms with Gasteiger partial charge in [-0.25, -0.2) is 0 Å². The zero-order valence-electron chi connectivity index (χ0n) is 8.84. The lowest BCUT2D eigenvalue weighted by atomic mass is 9.90. The molecule has 3 nitrogen and oxygen atoms in total. The largest absolute Gasteiger partial charge is 0.396 e. The van der Waals surface area contributed by atoms with Crippen LogP contribution in [-0.2, 0) is 0 Å². The van der Waals surface area contributed by atoms with Crippen LogP contribution in [0.4, 0.5) is 0 Å². The van der Waals surface area contributed by atoms with Crippen molar-refractivity contribution >= 4 is 0 Å². The number of aliphatic hydroxyl groups excluding tert-OH is 1. The summed E-state index contributed by atoms with van der Waals surface area (Å²) in [5.74, 6) is 0.733. The standard InChI is InChI=1S/C11H22N2O/c14-7-5-11(13-10-3-4-10)9-2-1-6-12-8-9/h9-14H,1-8H2/t9-,11-/m0/s1. The normalized spacial score (nSPS) is 30.2. The lowest BCUT2D eigenvalue weighted by molar-refractivity contribution is 0.213. The highest BCUT2D eigenvalue weighted by molar-refractivity contribution is 4.89. The Kier molecular flexibility index (Phi) is 3.79. The van der Waals surface area contributed by atoms with Crippen molar-refractivity contribution in [1.82, 2.24) is 10.6 Å². The first-order chi connectivity index (χ1) is 6.90. The first kappa shape index (κ1) is 10.4. The second kappa shape index (κ2) is 5.10.